The maximum Gasteiger partial charge on any atom is 0.161 e. The summed E-state index contributed by atoms with van der Waals surface area (Å²) in [5.74, 6) is 2.31. The molecule has 1 unspecified atom stereocenters. The first-order chi connectivity index (χ1) is 12.1. The van der Waals surface area contributed by atoms with Crippen LogP contribution < -0.4 is 14.2 Å². The fraction of sp³-hybridized carbons (Fsp3) is 0.400. The molecule has 5 heteroatoms. The van der Waals surface area contributed by atoms with Gasteiger partial charge in [-0.2, -0.15) is 0 Å². The van der Waals surface area contributed by atoms with Crippen LogP contribution in [0.25, 0.3) is 0 Å². The first-order valence-corrected chi connectivity index (χ1v) is 8.52. The Hall–Kier alpha value is -2.40. The second-order valence-corrected chi connectivity index (χ2v) is 6.64. The van der Waals surface area contributed by atoms with E-state index in [1.54, 1.807) is 21.3 Å². The zero-order chi connectivity index (χ0) is 17.6. The average Bonchev–Trinajstić information content (AvgIpc) is 2.64. The van der Waals surface area contributed by atoms with Gasteiger partial charge in [0, 0.05) is 19.1 Å². The Balaban J connectivity index is 1.76. The number of nitrogens with zero attached hydrogens (tertiary/aromatic N) is 1. The van der Waals surface area contributed by atoms with Crippen LogP contribution in [-0.2, 0) is 19.4 Å². The third-order valence-electron chi connectivity index (χ3n) is 5.40. The topological polar surface area (TPSA) is 51.2 Å². The van der Waals surface area contributed by atoms with Gasteiger partial charge in [-0.1, -0.05) is 0 Å². The second-order valence-electron chi connectivity index (χ2n) is 6.64. The third-order valence-corrected chi connectivity index (χ3v) is 5.40. The molecule has 0 saturated carbocycles. The van der Waals surface area contributed by atoms with Gasteiger partial charge in [0.25, 0.3) is 0 Å². The van der Waals surface area contributed by atoms with Gasteiger partial charge in [0.2, 0.25) is 0 Å². The van der Waals surface area contributed by atoms with E-state index in [0.29, 0.717) is 11.8 Å². The number of ether oxygens (including phenoxy) is 3. The minimum atomic E-state index is 0.212. The summed E-state index contributed by atoms with van der Waals surface area (Å²) in [5.41, 5.74) is 5.05. The summed E-state index contributed by atoms with van der Waals surface area (Å²) < 4.78 is 16.2. The van der Waals surface area contributed by atoms with E-state index in [-0.39, 0.29) is 5.75 Å². The Kier molecular flexibility index (Phi) is 3.96. The molecule has 2 heterocycles. The van der Waals surface area contributed by atoms with Crippen molar-refractivity contribution in [1.82, 2.24) is 4.90 Å². The number of hydrogen-bond acceptors (Lipinski definition) is 5. The predicted molar refractivity (Wildman–Crippen MR) is 94.8 cm³/mol. The molecule has 0 spiro atoms. The van der Waals surface area contributed by atoms with Gasteiger partial charge in [0.1, 0.15) is 0 Å². The zero-order valence-electron chi connectivity index (χ0n) is 14.8. The molecule has 5 nitrogen and oxygen atoms in total. The molecule has 0 aromatic heterocycles. The van der Waals surface area contributed by atoms with Gasteiger partial charge in [0.05, 0.1) is 21.3 Å². The van der Waals surface area contributed by atoms with Crippen molar-refractivity contribution in [3.8, 4) is 23.0 Å². The summed E-state index contributed by atoms with van der Waals surface area (Å²) >= 11 is 0. The van der Waals surface area contributed by atoms with Crippen molar-refractivity contribution in [3.05, 3.63) is 46.5 Å². The number of benzene rings is 2. The highest BCUT2D eigenvalue weighted by Gasteiger charge is 2.33. The van der Waals surface area contributed by atoms with E-state index in [2.05, 4.69) is 17.0 Å². The SMILES string of the molecule is COc1cc2c(cc1O)CN1CCc3cc(OC)c(OC)cc3C1C2. The van der Waals surface area contributed by atoms with Crippen LogP contribution in [0.2, 0.25) is 0 Å². The number of aromatic hydroxyl groups is 1. The van der Waals surface area contributed by atoms with Crippen molar-refractivity contribution in [1.29, 1.82) is 0 Å². The molecule has 0 fully saturated rings. The maximum absolute atomic E-state index is 10.1. The van der Waals surface area contributed by atoms with Crippen molar-refractivity contribution in [2.24, 2.45) is 0 Å². The number of fused-ring (bicyclic) bond motifs is 4. The standard InChI is InChI=1S/C20H23NO4/c1-23-18-9-13-6-16-15-10-20(25-3)19(24-2)8-12(15)4-5-21(16)11-14(13)7-17(18)22/h7-10,16,22H,4-6,11H2,1-3H3. The Labute approximate surface area is 147 Å². The lowest BCUT2D eigenvalue weighted by Crippen LogP contribution is -2.39. The van der Waals surface area contributed by atoms with Gasteiger partial charge >= 0.3 is 0 Å². The molecule has 0 radical (unpaired) electrons. The number of rotatable bonds is 3. The molecule has 25 heavy (non-hydrogen) atoms. The molecule has 0 amide bonds. The Morgan fingerprint density at radius 2 is 1.56 bits per heavy atom. The van der Waals surface area contributed by atoms with E-state index in [0.717, 1.165) is 37.4 Å². The summed E-state index contributed by atoms with van der Waals surface area (Å²) in [6, 6.07) is 8.35. The van der Waals surface area contributed by atoms with Gasteiger partial charge in [-0.05, 0) is 59.4 Å². The smallest absolute Gasteiger partial charge is 0.161 e. The lowest BCUT2D eigenvalue weighted by atomic mass is 9.83. The first-order valence-electron chi connectivity index (χ1n) is 8.52. The molecule has 0 aliphatic carbocycles. The second kappa shape index (κ2) is 6.15. The minimum Gasteiger partial charge on any atom is -0.504 e. The molecule has 1 atom stereocenters. The van der Waals surface area contributed by atoms with Crippen molar-refractivity contribution in [2.45, 2.75) is 25.4 Å². The monoisotopic (exact) mass is 341 g/mol. The van der Waals surface area contributed by atoms with Crippen molar-refractivity contribution in [2.75, 3.05) is 27.9 Å². The number of phenolic OH excluding ortho intramolecular Hbond substituents is 1. The highest BCUT2D eigenvalue weighted by molar-refractivity contribution is 5.52. The lowest BCUT2D eigenvalue weighted by Gasteiger charge is -2.41. The van der Waals surface area contributed by atoms with E-state index in [9.17, 15) is 5.11 Å². The fourth-order valence-electron chi connectivity index (χ4n) is 4.09. The minimum absolute atomic E-state index is 0.212. The third kappa shape index (κ3) is 2.59. The number of phenols is 1. The maximum atomic E-state index is 10.1. The largest absolute Gasteiger partial charge is 0.504 e. The van der Waals surface area contributed by atoms with E-state index in [4.69, 9.17) is 14.2 Å². The van der Waals surface area contributed by atoms with Gasteiger partial charge in [-0.3, -0.25) is 4.90 Å². The zero-order valence-corrected chi connectivity index (χ0v) is 14.8. The Morgan fingerprint density at radius 1 is 0.880 bits per heavy atom. The molecule has 0 bridgehead atoms. The summed E-state index contributed by atoms with van der Waals surface area (Å²) in [4.78, 5) is 2.47. The van der Waals surface area contributed by atoms with Crippen LogP contribution >= 0.6 is 0 Å². The molecular weight excluding hydrogens is 318 g/mol. The lowest BCUT2D eigenvalue weighted by molar-refractivity contribution is 0.160. The van der Waals surface area contributed by atoms with E-state index in [1.807, 2.05) is 12.1 Å². The Bertz CT molecular complexity index is 818. The normalized spacial score (nSPS) is 18.8. The van der Waals surface area contributed by atoms with Crippen molar-refractivity contribution < 1.29 is 19.3 Å². The Morgan fingerprint density at radius 3 is 2.28 bits per heavy atom. The molecule has 1 N–H and O–H groups in total. The van der Waals surface area contributed by atoms with Crippen molar-refractivity contribution in [3.63, 3.8) is 0 Å². The molecule has 2 aliphatic rings. The number of hydrogen-bond donors (Lipinski definition) is 1. The molecule has 4 rings (SSSR count). The van der Waals surface area contributed by atoms with Crippen LogP contribution in [0.15, 0.2) is 24.3 Å². The molecule has 2 aromatic rings. The summed E-state index contributed by atoms with van der Waals surface area (Å²) in [5, 5.41) is 10.1. The van der Waals surface area contributed by atoms with Gasteiger partial charge in [-0.25, -0.2) is 0 Å². The van der Waals surface area contributed by atoms with E-state index >= 15 is 0 Å². The van der Waals surface area contributed by atoms with E-state index < -0.39 is 0 Å². The van der Waals surface area contributed by atoms with Gasteiger partial charge < -0.3 is 19.3 Å². The van der Waals surface area contributed by atoms with Crippen LogP contribution in [0, 0.1) is 0 Å². The highest BCUT2D eigenvalue weighted by Crippen LogP contribution is 2.44. The highest BCUT2D eigenvalue weighted by atomic mass is 16.5. The fourth-order valence-corrected chi connectivity index (χ4v) is 4.09. The molecule has 132 valence electrons. The molecule has 0 saturated heterocycles. The summed E-state index contributed by atoms with van der Waals surface area (Å²) in [6.07, 6.45) is 1.89. The van der Waals surface area contributed by atoms with Crippen LogP contribution in [0.4, 0.5) is 0 Å². The van der Waals surface area contributed by atoms with E-state index in [1.165, 1.54) is 22.3 Å². The van der Waals surface area contributed by atoms with Crippen molar-refractivity contribution >= 4 is 0 Å². The van der Waals surface area contributed by atoms with Crippen LogP contribution in [0.3, 0.4) is 0 Å². The number of methoxy groups -OCH3 is 3. The van der Waals surface area contributed by atoms with Crippen LogP contribution in [0.5, 0.6) is 23.0 Å². The van der Waals surface area contributed by atoms with Crippen LogP contribution in [-0.4, -0.2) is 37.9 Å². The average molecular weight is 341 g/mol. The van der Waals surface area contributed by atoms with Gasteiger partial charge in [0.15, 0.2) is 23.0 Å². The molecule has 2 aromatic carbocycles. The quantitative estimate of drug-likeness (QED) is 0.930. The summed E-state index contributed by atoms with van der Waals surface area (Å²) in [6.45, 7) is 1.84. The first kappa shape index (κ1) is 16.1. The predicted octanol–water partition coefficient (Wildman–Crippen LogP) is 3.07. The summed E-state index contributed by atoms with van der Waals surface area (Å²) in [7, 11) is 4.94. The van der Waals surface area contributed by atoms with Gasteiger partial charge in [-0.15, -0.1) is 0 Å². The molecular formula is C20H23NO4. The van der Waals surface area contributed by atoms with Crippen LogP contribution in [0.1, 0.15) is 28.3 Å². The molecule has 2 aliphatic heterocycles.